The van der Waals surface area contributed by atoms with Crippen LogP contribution in [0.15, 0.2) is 30.3 Å². The molecule has 0 amide bonds. The highest BCUT2D eigenvalue weighted by Gasteiger charge is 2.57. The van der Waals surface area contributed by atoms with E-state index in [1.807, 2.05) is 37.3 Å². The molecule has 0 radical (unpaired) electrons. The molecule has 1 aromatic rings. The summed E-state index contributed by atoms with van der Waals surface area (Å²) in [6.07, 6.45) is -1.25. The second kappa shape index (κ2) is 4.38. The molecule has 0 bridgehead atoms. The van der Waals surface area contributed by atoms with Crippen molar-refractivity contribution in [3.8, 4) is 0 Å². The van der Waals surface area contributed by atoms with Crippen molar-refractivity contribution in [2.24, 2.45) is 0 Å². The Labute approximate surface area is 100 Å². The molecule has 0 unspecified atom stereocenters. The lowest BCUT2D eigenvalue weighted by atomic mass is 10.1. The normalized spacial score (nSPS) is 39.8. The molecule has 92 valence electrons. The first-order chi connectivity index (χ1) is 8.25. The Bertz CT molecular complexity index is 378. The van der Waals surface area contributed by atoms with Gasteiger partial charge in [0.05, 0.1) is 12.7 Å². The Morgan fingerprint density at radius 1 is 1.18 bits per heavy atom. The molecule has 17 heavy (non-hydrogen) atoms. The van der Waals surface area contributed by atoms with Crippen LogP contribution in [-0.2, 0) is 20.8 Å². The van der Waals surface area contributed by atoms with Crippen molar-refractivity contribution >= 4 is 0 Å². The molecular formula is C13H16O4. The summed E-state index contributed by atoms with van der Waals surface area (Å²) in [7, 11) is 0. The molecule has 0 aliphatic carbocycles. The fourth-order valence-electron chi connectivity index (χ4n) is 2.27. The van der Waals surface area contributed by atoms with Gasteiger partial charge in [0.1, 0.15) is 18.3 Å². The van der Waals surface area contributed by atoms with Crippen LogP contribution in [0.3, 0.4) is 0 Å². The highest BCUT2D eigenvalue weighted by atomic mass is 16.7. The van der Waals surface area contributed by atoms with E-state index in [2.05, 4.69) is 0 Å². The number of aliphatic hydroxyl groups excluding tert-OH is 1. The first-order valence-corrected chi connectivity index (χ1v) is 5.90. The van der Waals surface area contributed by atoms with Gasteiger partial charge < -0.3 is 19.3 Å². The van der Waals surface area contributed by atoms with Gasteiger partial charge in [-0.15, -0.1) is 0 Å². The van der Waals surface area contributed by atoms with Gasteiger partial charge in [-0.25, -0.2) is 0 Å². The maximum atomic E-state index is 9.49. The van der Waals surface area contributed by atoms with Gasteiger partial charge in [0.25, 0.3) is 0 Å². The molecule has 4 nitrogen and oxygen atoms in total. The van der Waals surface area contributed by atoms with Crippen LogP contribution in [0.5, 0.6) is 0 Å². The maximum absolute atomic E-state index is 9.49. The zero-order valence-electron chi connectivity index (χ0n) is 9.65. The van der Waals surface area contributed by atoms with Gasteiger partial charge in [-0.05, 0) is 12.5 Å². The van der Waals surface area contributed by atoms with Crippen molar-refractivity contribution in [1.82, 2.24) is 0 Å². The summed E-state index contributed by atoms with van der Waals surface area (Å²) in [6, 6.07) is 9.99. The number of aliphatic hydroxyl groups is 1. The Kier molecular flexibility index (Phi) is 2.88. The predicted molar refractivity (Wildman–Crippen MR) is 60.2 cm³/mol. The molecular weight excluding hydrogens is 220 g/mol. The third-order valence-corrected chi connectivity index (χ3v) is 3.27. The molecule has 4 heteroatoms. The van der Waals surface area contributed by atoms with Crippen molar-refractivity contribution < 1.29 is 19.3 Å². The molecule has 0 saturated carbocycles. The lowest BCUT2D eigenvalue weighted by Gasteiger charge is -2.29. The van der Waals surface area contributed by atoms with E-state index in [9.17, 15) is 5.11 Å². The van der Waals surface area contributed by atoms with E-state index >= 15 is 0 Å². The van der Waals surface area contributed by atoms with Gasteiger partial charge in [0.15, 0.2) is 6.29 Å². The topological polar surface area (TPSA) is 51.2 Å². The van der Waals surface area contributed by atoms with Crippen LogP contribution in [0.4, 0.5) is 0 Å². The number of epoxide rings is 1. The number of benzene rings is 1. The third kappa shape index (κ3) is 2.21. The van der Waals surface area contributed by atoms with E-state index in [4.69, 9.17) is 14.2 Å². The largest absolute Gasteiger partial charge is 0.368 e. The fraction of sp³-hybridized carbons (Fsp3) is 0.538. The van der Waals surface area contributed by atoms with Crippen LogP contribution in [0.2, 0.25) is 0 Å². The van der Waals surface area contributed by atoms with Gasteiger partial charge in [-0.3, -0.25) is 0 Å². The van der Waals surface area contributed by atoms with E-state index in [0.29, 0.717) is 6.61 Å². The molecule has 2 saturated heterocycles. The van der Waals surface area contributed by atoms with Gasteiger partial charge in [0, 0.05) is 0 Å². The van der Waals surface area contributed by atoms with E-state index < -0.39 is 6.29 Å². The van der Waals surface area contributed by atoms with Crippen LogP contribution in [-0.4, -0.2) is 35.8 Å². The Balaban J connectivity index is 1.59. The van der Waals surface area contributed by atoms with Crippen molar-refractivity contribution in [3.63, 3.8) is 0 Å². The molecule has 1 N–H and O–H groups in total. The lowest BCUT2D eigenvalue weighted by Crippen LogP contribution is -2.44. The predicted octanol–water partition coefficient (Wildman–Crippen LogP) is 1.08. The second-order valence-electron chi connectivity index (χ2n) is 4.56. The first kappa shape index (κ1) is 11.2. The van der Waals surface area contributed by atoms with E-state index in [0.717, 1.165) is 5.56 Å². The molecule has 3 rings (SSSR count). The molecule has 2 aliphatic heterocycles. The fourth-order valence-corrected chi connectivity index (χ4v) is 2.27. The third-order valence-electron chi connectivity index (χ3n) is 3.27. The number of fused-ring (bicyclic) bond motifs is 1. The van der Waals surface area contributed by atoms with E-state index in [1.54, 1.807) is 0 Å². The van der Waals surface area contributed by atoms with Crippen LogP contribution in [0.25, 0.3) is 0 Å². The average molecular weight is 236 g/mol. The monoisotopic (exact) mass is 236 g/mol. The molecule has 0 spiro atoms. The summed E-state index contributed by atoms with van der Waals surface area (Å²) in [5.74, 6) is 0. The molecule has 2 aliphatic rings. The Morgan fingerprint density at radius 2 is 1.94 bits per heavy atom. The highest BCUT2D eigenvalue weighted by molar-refractivity contribution is 5.13. The van der Waals surface area contributed by atoms with Crippen LogP contribution in [0.1, 0.15) is 12.5 Å². The van der Waals surface area contributed by atoms with Crippen molar-refractivity contribution in [2.45, 2.75) is 44.2 Å². The number of rotatable bonds is 3. The lowest BCUT2D eigenvalue weighted by molar-refractivity contribution is -0.191. The van der Waals surface area contributed by atoms with Gasteiger partial charge in [-0.2, -0.15) is 0 Å². The molecule has 0 aromatic heterocycles. The van der Waals surface area contributed by atoms with Crippen LogP contribution >= 0.6 is 0 Å². The average Bonchev–Trinajstić information content (AvgIpc) is 3.10. The zero-order valence-corrected chi connectivity index (χ0v) is 9.65. The smallest absolute Gasteiger partial charge is 0.184 e. The van der Waals surface area contributed by atoms with Crippen molar-refractivity contribution in [3.05, 3.63) is 35.9 Å². The SMILES string of the molecule is C[C@H]1O[C@H](O)[C@H]2O[C@@H]2[C@H]1OCc1ccccc1. The minimum absolute atomic E-state index is 0.0162. The Hall–Kier alpha value is -0.940. The first-order valence-electron chi connectivity index (χ1n) is 5.90. The molecule has 1 aromatic carbocycles. The van der Waals surface area contributed by atoms with E-state index in [-0.39, 0.29) is 24.4 Å². The van der Waals surface area contributed by atoms with Gasteiger partial charge in [0.2, 0.25) is 0 Å². The van der Waals surface area contributed by atoms with Crippen LogP contribution in [0, 0.1) is 0 Å². The quantitative estimate of drug-likeness (QED) is 0.798. The van der Waals surface area contributed by atoms with Crippen LogP contribution < -0.4 is 0 Å². The number of hydrogen-bond donors (Lipinski definition) is 1. The van der Waals surface area contributed by atoms with Crippen molar-refractivity contribution in [2.75, 3.05) is 0 Å². The second-order valence-corrected chi connectivity index (χ2v) is 4.56. The standard InChI is InChI=1S/C13H16O4/c1-8-10(11-12(17-11)13(14)16-8)15-7-9-5-3-2-4-6-9/h2-6,8,10-14H,7H2,1H3/t8-,10+,11-,12+,13+/m1/s1. The minimum atomic E-state index is -0.799. The summed E-state index contributed by atoms with van der Waals surface area (Å²) in [6.45, 7) is 2.44. The summed E-state index contributed by atoms with van der Waals surface area (Å²) < 4.78 is 16.5. The minimum Gasteiger partial charge on any atom is -0.368 e. The maximum Gasteiger partial charge on any atom is 0.184 e. The summed E-state index contributed by atoms with van der Waals surface area (Å²) in [5, 5.41) is 9.49. The Morgan fingerprint density at radius 3 is 2.71 bits per heavy atom. The summed E-state index contributed by atoms with van der Waals surface area (Å²) in [4.78, 5) is 0. The molecule has 5 atom stereocenters. The number of ether oxygens (including phenoxy) is 3. The zero-order chi connectivity index (χ0) is 11.8. The van der Waals surface area contributed by atoms with Gasteiger partial charge >= 0.3 is 0 Å². The van der Waals surface area contributed by atoms with Gasteiger partial charge in [-0.1, -0.05) is 30.3 Å². The highest BCUT2D eigenvalue weighted by Crippen LogP contribution is 2.38. The number of hydrogen-bond acceptors (Lipinski definition) is 4. The summed E-state index contributed by atoms with van der Waals surface area (Å²) >= 11 is 0. The van der Waals surface area contributed by atoms with E-state index in [1.165, 1.54) is 0 Å². The molecule has 2 heterocycles. The van der Waals surface area contributed by atoms with Crippen molar-refractivity contribution in [1.29, 1.82) is 0 Å². The summed E-state index contributed by atoms with van der Waals surface area (Å²) in [5.41, 5.74) is 1.13. The molecule has 2 fully saturated rings.